The van der Waals surface area contributed by atoms with E-state index in [1.54, 1.807) is 7.05 Å². The zero-order valence-electron chi connectivity index (χ0n) is 9.30. The zero-order valence-corrected chi connectivity index (χ0v) is 9.30. The Morgan fingerprint density at radius 1 is 1.53 bits per heavy atom. The molecule has 1 aromatic heterocycles. The molecule has 0 spiro atoms. The fourth-order valence-corrected chi connectivity index (χ4v) is 1.65. The van der Waals surface area contributed by atoms with Gasteiger partial charge in [0.25, 0.3) is 11.6 Å². The number of rotatable bonds is 2. The standard InChI is InChI=1S/C10H10N4O3/c1-11-10(15)9-7-4-3-6(14(16)17)5-8(7)13(2)12-9/h3-5H,1-2H3,(H,11,15). The number of aromatic nitrogens is 2. The summed E-state index contributed by atoms with van der Waals surface area (Å²) in [5, 5.41) is 17.8. The zero-order chi connectivity index (χ0) is 12.6. The van der Waals surface area contributed by atoms with E-state index in [2.05, 4.69) is 10.4 Å². The summed E-state index contributed by atoms with van der Waals surface area (Å²) in [5.74, 6) is -0.315. The van der Waals surface area contributed by atoms with Crippen LogP contribution in [0.2, 0.25) is 0 Å². The maximum Gasteiger partial charge on any atom is 0.272 e. The van der Waals surface area contributed by atoms with Gasteiger partial charge in [0.15, 0.2) is 5.69 Å². The highest BCUT2D eigenvalue weighted by Gasteiger charge is 2.17. The van der Waals surface area contributed by atoms with E-state index in [4.69, 9.17) is 0 Å². The summed E-state index contributed by atoms with van der Waals surface area (Å²) in [6.45, 7) is 0. The van der Waals surface area contributed by atoms with Gasteiger partial charge in [-0.1, -0.05) is 0 Å². The second-order valence-corrected chi connectivity index (χ2v) is 3.51. The van der Waals surface area contributed by atoms with Crippen molar-refractivity contribution in [2.75, 3.05) is 7.05 Å². The molecule has 0 unspecified atom stereocenters. The molecule has 0 atom stereocenters. The van der Waals surface area contributed by atoms with Crippen LogP contribution in [0.5, 0.6) is 0 Å². The molecule has 7 nitrogen and oxygen atoms in total. The van der Waals surface area contributed by atoms with E-state index in [-0.39, 0.29) is 17.3 Å². The van der Waals surface area contributed by atoms with Crippen molar-refractivity contribution in [1.29, 1.82) is 0 Å². The highest BCUT2D eigenvalue weighted by atomic mass is 16.6. The molecule has 1 amide bonds. The molecule has 1 N–H and O–H groups in total. The van der Waals surface area contributed by atoms with Gasteiger partial charge in [-0.15, -0.1) is 0 Å². The average Bonchev–Trinajstić information content (AvgIpc) is 2.65. The van der Waals surface area contributed by atoms with Crippen molar-refractivity contribution < 1.29 is 9.72 Å². The van der Waals surface area contributed by atoms with Crippen molar-refractivity contribution in [3.05, 3.63) is 34.0 Å². The molecule has 0 radical (unpaired) electrons. The maximum atomic E-state index is 11.5. The number of nitro groups is 1. The summed E-state index contributed by atoms with van der Waals surface area (Å²) in [5.41, 5.74) is 0.793. The quantitative estimate of drug-likeness (QED) is 0.615. The number of aryl methyl sites for hydroxylation is 1. The summed E-state index contributed by atoms with van der Waals surface area (Å²) in [6.07, 6.45) is 0. The number of benzene rings is 1. The fraction of sp³-hybridized carbons (Fsp3) is 0.200. The molecule has 0 aliphatic heterocycles. The van der Waals surface area contributed by atoms with Crippen LogP contribution in [0.1, 0.15) is 10.5 Å². The first kappa shape index (κ1) is 11.1. The molecule has 0 fully saturated rings. The van der Waals surface area contributed by atoms with E-state index in [0.717, 1.165) is 0 Å². The van der Waals surface area contributed by atoms with Crippen LogP contribution < -0.4 is 5.32 Å². The highest BCUT2D eigenvalue weighted by Crippen LogP contribution is 2.23. The minimum absolute atomic E-state index is 0.0241. The molecular weight excluding hydrogens is 224 g/mol. The first-order chi connectivity index (χ1) is 8.04. The Balaban J connectivity index is 2.69. The number of fused-ring (bicyclic) bond motifs is 1. The van der Waals surface area contributed by atoms with Gasteiger partial charge in [-0.25, -0.2) is 0 Å². The number of amides is 1. The Hall–Kier alpha value is -2.44. The van der Waals surface area contributed by atoms with Crippen molar-refractivity contribution >= 4 is 22.5 Å². The lowest BCUT2D eigenvalue weighted by Crippen LogP contribution is -2.18. The Labute approximate surface area is 96.2 Å². The lowest BCUT2D eigenvalue weighted by atomic mass is 10.2. The first-order valence-corrected chi connectivity index (χ1v) is 4.88. The van der Waals surface area contributed by atoms with Gasteiger partial charge in [-0.2, -0.15) is 5.10 Å². The maximum absolute atomic E-state index is 11.5. The van der Waals surface area contributed by atoms with Crippen LogP contribution in [0.4, 0.5) is 5.69 Å². The van der Waals surface area contributed by atoms with Gasteiger partial charge >= 0.3 is 0 Å². The number of nitrogens with one attached hydrogen (secondary N) is 1. The van der Waals surface area contributed by atoms with Crippen LogP contribution >= 0.6 is 0 Å². The predicted octanol–water partition coefficient (Wildman–Crippen LogP) is 0.841. The first-order valence-electron chi connectivity index (χ1n) is 4.88. The van der Waals surface area contributed by atoms with Gasteiger partial charge in [0.1, 0.15) is 0 Å². The largest absolute Gasteiger partial charge is 0.354 e. The monoisotopic (exact) mass is 234 g/mol. The molecule has 0 aliphatic carbocycles. The lowest BCUT2D eigenvalue weighted by Gasteiger charge is -1.95. The van der Waals surface area contributed by atoms with Crippen LogP contribution in [0.25, 0.3) is 10.9 Å². The fourth-order valence-electron chi connectivity index (χ4n) is 1.65. The number of nitrogens with zero attached hydrogens (tertiary/aromatic N) is 3. The molecule has 88 valence electrons. The number of carbonyl (C=O) groups is 1. The molecule has 1 aromatic carbocycles. The van der Waals surface area contributed by atoms with Gasteiger partial charge in [0.2, 0.25) is 0 Å². The smallest absolute Gasteiger partial charge is 0.272 e. The van der Waals surface area contributed by atoms with Gasteiger partial charge in [-0.3, -0.25) is 19.6 Å². The van der Waals surface area contributed by atoms with Crippen LogP contribution in [0, 0.1) is 10.1 Å². The molecule has 0 bridgehead atoms. The normalized spacial score (nSPS) is 10.5. The molecule has 2 aromatic rings. The van der Waals surface area contributed by atoms with Crippen molar-refractivity contribution in [3.8, 4) is 0 Å². The summed E-state index contributed by atoms with van der Waals surface area (Å²) in [6, 6.07) is 4.29. The SMILES string of the molecule is CNC(=O)c1nn(C)c2cc([N+](=O)[O-])ccc12. The second kappa shape index (κ2) is 3.85. The lowest BCUT2D eigenvalue weighted by molar-refractivity contribution is -0.384. The summed E-state index contributed by atoms with van der Waals surface area (Å²) >= 11 is 0. The van der Waals surface area contributed by atoms with Crippen LogP contribution in [-0.2, 0) is 7.05 Å². The Bertz CT molecular complexity index is 617. The Morgan fingerprint density at radius 3 is 2.82 bits per heavy atom. The third kappa shape index (κ3) is 1.71. The Morgan fingerprint density at radius 2 is 2.24 bits per heavy atom. The van der Waals surface area contributed by atoms with Crippen LogP contribution in [-0.4, -0.2) is 27.7 Å². The number of nitro benzene ring substituents is 1. The molecule has 1 heterocycles. The van der Waals surface area contributed by atoms with E-state index in [1.807, 2.05) is 0 Å². The van der Waals surface area contributed by atoms with Crippen molar-refractivity contribution in [2.45, 2.75) is 0 Å². The third-order valence-electron chi connectivity index (χ3n) is 2.49. The van der Waals surface area contributed by atoms with E-state index >= 15 is 0 Å². The summed E-state index contributed by atoms with van der Waals surface area (Å²) in [7, 11) is 3.15. The van der Waals surface area contributed by atoms with Crippen molar-refractivity contribution in [2.24, 2.45) is 7.05 Å². The molecule has 2 rings (SSSR count). The highest BCUT2D eigenvalue weighted by molar-refractivity contribution is 6.05. The van der Waals surface area contributed by atoms with E-state index in [0.29, 0.717) is 10.9 Å². The number of non-ortho nitro benzene ring substituents is 1. The number of hydrogen-bond acceptors (Lipinski definition) is 4. The van der Waals surface area contributed by atoms with E-state index in [9.17, 15) is 14.9 Å². The van der Waals surface area contributed by atoms with Crippen molar-refractivity contribution in [1.82, 2.24) is 15.1 Å². The van der Waals surface area contributed by atoms with Crippen LogP contribution in [0.15, 0.2) is 18.2 Å². The van der Waals surface area contributed by atoms with E-state index in [1.165, 1.54) is 29.9 Å². The third-order valence-corrected chi connectivity index (χ3v) is 2.49. The van der Waals surface area contributed by atoms with E-state index < -0.39 is 4.92 Å². The molecule has 0 saturated carbocycles. The topological polar surface area (TPSA) is 90.1 Å². The number of carbonyl (C=O) groups excluding carboxylic acids is 1. The minimum Gasteiger partial charge on any atom is -0.354 e. The molecule has 7 heteroatoms. The van der Waals surface area contributed by atoms with Gasteiger partial charge in [0, 0.05) is 31.6 Å². The Kier molecular flexibility index (Phi) is 2.51. The molecule has 17 heavy (non-hydrogen) atoms. The molecular formula is C10H10N4O3. The number of hydrogen-bond donors (Lipinski definition) is 1. The average molecular weight is 234 g/mol. The second-order valence-electron chi connectivity index (χ2n) is 3.51. The predicted molar refractivity (Wildman–Crippen MR) is 60.8 cm³/mol. The molecule has 0 saturated heterocycles. The van der Waals surface area contributed by atoms with Gasteiger partial charge in [0.05, 0.1) is 10.4 Å². The summed E-state index contributed by atoms with van der Waals surface area (Å²) < 4.78 is 1.45. The summed E-state index contributed by atoms with van der Waals surface area (Å²) in [4.78, 5) is 21.7. The van der Waals surface area contributed by atoms with Crippen molar-refractivity contribution in [3.63, 3.8) is 0 Å². The molecule has 0 aliphatic rings. The van der Waals surface area contributed by atoms with Gasteiger partial charge < -0.3 is 5.32 Å². The van der Waals surface area contributed by atoms with Crippen LogP contribution in [0.3, 0.4) is 0 Å². The van der Waals surface area contributed by atoms with Gasteiger partial charge in [-0.05, 0) is 6.07 Å². The minimum atomic E-state index is -0.480.